The van der Waals surface area contributed by atoms with Crippen molar-refractivity contribution in [1.29, 1.82) is 5.26 Å². The first-order valence-electron chi connectivity index (χ1n) is 7.54. The van der Waals surface area contributed by atoms with Gasteiger partial charge in [0.25, 0.3) is 0 Å². The molecule has 0 radical (unpaired) electrons. The standard InChI is InChI=1S/C14H25N5O/c15-4-1-5-17-8-10-19(11-9-17)14(20)12-18-6-2-13(16)3-7-18/h13H,1-3,5-12,16H2. The molecule has 2 rings (SSSR count). The van der Waals surface area contributed by atoms with E-state index in [1.54, 1.807) is 0 Å². The molecular weight excluding hydrogens is 254 g/mol. The first kappa shape index (κ1) is 15.2. The first-order valence-corrected chi connectivity index (χ1v) is 7.54. The number of nitrogens with two attached hydrogens (primary N) is 1. The van der Waals surface area contributed by atoms with Crippen LogP contribution >= 0.6 is 0 Å². The van der Waals surface area contributed by atoms with Crippen molar-refractivity contribution < 1.29 is 4.79 Å². The molecule has 112 valence electrons. The van der Waals surface area contributed by atoms with Gasteiger partial charge >= 0.3 is 0 Å². The molecule has 2 N–H and O–H groups in total. The molecule has 0 aliphatic carbocycles. The highest BCUT2D eigenvalue weighted by Crippen LogP contribution is 2.09. The molecule has 0 spiro atoms. The predicted octanol–water partition coefficient (Wildman–Crippen LogP) is -0.533. The molecule has 2 aliphatic rings. The molecule has 6 nitrogen and oxygen atoms in total. The van der Waals surface area contributed by atoms with Gasteiger partial charge in [-0.25, -0.2) is 0 Å². The molecule has 2 saturated heterocycles. The van der Waals surface area contributed by atoms with Gasteiger partial charge in [0.05, 0.1) is 12.6 Å². The van der Waals surface area contributed by atoms with Gasteiger partial charge in [-0.3, -0.25) is 14.6 Å². The summed E-state index contributed by atoms with van der Waals surface area (Å²) < 4.78 is 0. The number of amides is 1. The lowest BCUT2D eigenvalue weighted by molar-refractivity contribution is -0.134. The van der Waals surface area contributed by atoms with Crippen LogP contribution in [0, 0.1) is 11.3 Å². The maximum atomic E-state index is 12.3. The third-order valence-electron chi connectivity index (χ3n) is 4.26. The minimum atomic E-state index is 0.236. The maximum Gasteiger partial charge on any atom is 0.236 e. The van der Waals surface area contributed by atoms with E-state index < -0.39 is 0 Å². The Labute approximate surface area is 121 Å². The van der Waals surface area contributed by atoms with Gasteiger partial charge < -0.3 is 10.6 Å². The van der Waals surface area contributed by atoms with Gasteiger partial charge in [0.15, 0.2) is 0 Å². The first-order chi connectivity index (χ1) is 9.69. The second-order valence-corrected chi connectivity index (χ2v) is 5.74. The lowest BCUT2D eigenvalue weighted by atomic mass is 10.1. The fourth-order valence-corrected chi connectivity index (χ4v) is 2.83. The van der Waals surface area contributed by atoms with E-state index in [2.05, 4.69) is 15.9 Å². The number of carbonyl (C=O) groups excluding carboxylic acids is 1. The van der Waals surface area contributed by atoms with Crippen molar-refractivity contribution in [2.75, 3.05) is 52.4 Å². The predicted molar refractivity (Wildman–Crippen MR) is 76.9 cm³/mol. The quantitative estimate of drug-likeness (QED) is 0.748. The fourth-order valence-electron chi connectivity index (χ4n) is 2.83. The minimum Gasteiger partial charge on any atom is -0.339 e. The molecular formula is C14H25N5O. The normalized spacial score (nSPS) is 22.7. The van der Waals surface area contributed by atoms with E-state index in [0.717, 1.165) is 58.7 Å². The summed E-state index contributed by atoms with van der Waals surface area (Å²) in [6.45, 7) is 6.59. The van der Waals surface area contributed by atoms with Crippen molar-refractivity contribution in [2.45, 2.75) is 25.3 Å². The van der Waals surface area contributed by atoms with Gasteiger partial charge in [-0.1, -0.05) is 0 Å². The molecule has 0 unspecified atom stereocenters. The van der Waals surface area contributed by atoms with Crippen molar-refractivity contribution in [1.82, 2.24) is 14.7 Å². The summed E-state index contributed by atoms with van der Waals surface area (Å²) in [4.78, 5) is 18.7. The zero-order chi connectivity index (χ0) is 14.4. The fraction of sp³-hybridized carbons (Fsp3) is 0.857. The van der Waals surface area contributed by atoms with Crippen LogP contribution in [0.1, 0.15) is 19.3 Å². The van der Waals surface area contributed by atoms with Crippen LogP contribution in [-0.4, -0.2) is 79.0 Å². The molecule has 6 heteroatoms. The van der Waals surface area contributed by atoms with Crippen LogP contribution in [0.4, 0.5) is 0 Å². The Morgan fingerprint density at radius 3 is 2.35 bits per heavy atom. The average Bonchev–Trinajstić information content (AvgIpc) is 2.48. The van der Waals surface area contributed by atoms with E-state index >= 15 is 0 Å². The summed E-state index contributed by atoms with van der Waals surface area (Å²) in [5, 5.41) is 8.58. The molecule has 0 saturated carbocycles. The highest BCUT2D eigenvalue weighted by molar-refractivity contribution is 5.78. The Kier molecular flexibility index (Phi) is 5.77. The third kappa shape index (κ3) is 4.44. The molecule has 20 heavy (non-hydrogen) atoms. The number of carbonyl (C=O) groups is 1. The summed E-state index contributed by atoms with van der Waals surface area (Å²) in [6, 6.07) is 2.48. The van der Waals surface area contributed by atoms with E-state index in [-0.39, 0.29) is 5.91 Å². The topological polar surface area (TPSA) is 76.6 Å². The SMILES string of the molecule is N#CCCN1CCN(C(=O)CN2CCC(N)CC2)CC1. The lowest BCUT2D eigenvalue weighted by Crippen LogP contribution is -2.52. The smallest absolute Gasteiger partial charge is 0.236 e. The molecule has 0 aromatic carbocycles. The van der Waals surface area contributed by atoms with Crippen molar-refractivity contribution in [3.63, 3.8) is 0 Å². The molecule has 1 amide bonds. The number of rotatable bonds is 4. The summed E-state index contributed by atoms with van der Waals surface area (Å²) in [5.74, 6) is 0.236. The molecule has 0 aromatic heterocycles. The Hall–Kier alpha value is -1.16. The highest BCUT2D eigenvalue weighted by Gasteiger charge is 2.24. The Morgan fingerprint density at radius 1 is 1.10 bits per heavy atom. The highest BCUT2D eigenvalue weighted by atomic mass is 16.2. The van der Waals surface area contributed by atoms with Crippen molar-refractivity contribution in [3.8, 4) is 6.07 Å². The number of hydrogen-bond acceptors (Lipinski definition) is 5. The van der Waals surface area contributed by atoms with Gasteiger partial charge in [-0.05, 0) is 12.8 Å². The number of piperazine rings is 1. The summed E-state index contributed by atoms with van der Waals surface area (Å²) in [7, 11) is 0. The summed E-state index contributed by atoms with van der Waals surface area (Å²) in [6.07, 6.45) is 2.56. The third-order valence-corrected chi connectivity index (χ3v) is 4.26. The molecule has 2 fully saturated rings. The van der Waals surface area contributed by atoms with E-state index in [0.29, 0.717) is 19.0 Å². The van der Waals surface area contributed by atoms with Gasteiger partial charge in [-0.15, -0.1) is 0 Å². The molecule has 2 heterocycles. The van der Waals surface area contributed by atoms with Gasteiger partial charge in [0.1, 0.15) is 0 Å². The van der Waals surface area contributed by atoms with Crippen molar-refractivity contribution >= 4 is 5.91 Å². The number of piperidine rings is 1. The van der Waals surface area contributed by atoms with Crippen LogP contribution in [0.3, 0.4) is 0 Å². The second-order valence-electron chi connectivity index (χ2n) is 5.74. The summed E-state index contributed by atoms with van der Waals surface area (Å²) >= 11 is 0. The van der Waals surface area contributed by atoms with E-state index in [1.165, 1.54) is 0 Å². The number of nitriles is 1. The van der Waals surface area contributed by atoms with Crippen LogP contribution in [-0.2, 0) is 4.79 Å². The largest absolute Gasteiger partial charge is 0.339 e. The van der Waals surface area contributed by atoms with Crippen molar-refractivity contribution in [3.05, 3.63) is 0 Å². The monoisotopic (exact) mass is 279 g/mol. The minimum absolute atomic E-state index is 0.236. The zero-order valence-corrected chi connectivity index (χ0v) is 12.1. The van der Waals surface area contributed by atoms with E-state index in [9.17, 15) is 4.79 Å². The maximum absolute atomic E-state index is 12.3. The Morgan fingerprint density at radius 2 is 1.75 bits per heavy atom. The molecule has 2 aliphatic heterocycles. The van der Waals surface area contributed by atoms with E-state index in [1.807, 2.05) is 4.90 Å². The Balaban J connectivity index is 1.68. The lowest BCUT2D eigenvalue weighted by Gasteiger charge is -2.36. The van der Waals surface area contributed by atoms with Crippen LogP contribution in [0.15, 0.2) is 0 Å². The van der Waals surface area contributed by atoms with Crippen molar-refractivity contribution in [2.24, 2.45) is 5.73 Å². The Bertz CT molecular complexity index is 351. The zero-order valence-electron chi connectivity index (χ0n) is 12.1. The number of nitrogens with zero attached hydrogens (tertiary/aromatic N) is 4. The van der Waals surface area contributed by atoms with Crippen LogP contribution in [0.5, 0.6) is 0 Å². The second kappa shape index (κ2) is 7.58. The molecule has 0 aromatic rings. The number of likely N-dealkylation sites (tertiary alicyclic amines) is 1. The van der Waals surface area contributed by atoms with Crippen LogP contribution in [0.25, 0.3) is 0 Å². The molecule has 0 atom stereocenters. The average molecular weight is 279 g/mol. The van der Waals surface area contributed by atoms with Crippen LogP contribution in [0.2, 0.25) is 0 Å². The molecule has 0 bridgehead atoms. The van der Waals surface area contributed by atoms with Crippen LogP contribution < -0.4 is 5.73 Å². The summed E-state index contributed by atoms with van der Waals surface area (Å²) in [5.41, 5.74) is 5.88. The van der Waals surface area contributed by atoms with Gasteiger partial charge in [-0.2, -0.15) is 5.26 Å². The van der Waals surface area contributed by atoms with Gasteiger partial charge in [0.2, 0.25) is 5.91 Å². The van der Waals surface area contributed by atoms with E-state index in [4.69, 9.17) is 11.0 Å². The number of hydrogen-bond donors (Lipinski definition) is 1. The van der Waals surface area contributed by atoms with Gasteiger partial charge in [0, 0.05) is 58.3 Å².